The molecule has 0 atom stereocenters. The van der Waals surface area contributed by atoms with Crippen LogP contribution in [0, 0.1) is 48.5 Å². The first-order valence-electron chi connectivity index (χ1n) is 20.0. The second-order valence-electron chi connectivity index (χ2n) is 16.3. The summed E-state index contributed by atoms with van der Waals surface area (Å²) in [6, 6.07) is 38.8. The van der Waals surface area contributed by atoms with Gasteiger partial charge in [-0.1, -0.05) is 66.2 Å². The van der Waals surface area contributed by atoms with Crippen LogP contribution in [0.4, 0.5) is 17.1 Å². The molecule has 0 bridgehead atoms. The molecule has 0 saturated carbocycles. The number of benzene rings is 7. The average Bonchev–Trinajstić information content (AvgIpc) is 3.63. The summed E-state index contributed by atoms with van der Waals surface area (Å²) >= 11 is 0. The molecule has 0 radical (unpaired) electrons. The summed E-state index contributed by atoms with van der Waals surface area (Å²) in [5.74, 6) is -1.32. The number of aryl methyl sites for hydroxylation is 7. The summed E-state index contributed by atoms with van der Waals surface area (Å²) < 4.78 is 0. The minimum Gasteiger partial charge on any atom is -0.399 e. The molecule has 4 amide bonds. The fourth-order valence-corrected chi connectivity index (χ4v) is 8.76. The highest BCUT2D eigenvalue weighted by Crippen LogP contribution is 2.41. The Morgan fingerprint density at radius 3 is 1.03 bits per heavy atom. The molecule has 2 N–H and O–H groups in total. The minimum absolute atomic E-state index is 0.319. The fourth-order valence-electron chi connectivity index (χ4n) is 8.76. The van der Waals surface area contributed by atoms with Crippen molar-refractivity contribution in [3.05, 3.63) is 183 Å². The largest absolute Gasteiger partial charge is 0.399 e. The lowest BCUT2D eigenvalue weighted by Crippen LogP contribution is -2.30. The van der Waals surface area contributed by atoms with Crippen molar-refractivity contribution in [2.45, 2.75) is 48.5 Å². The number of nitrogens with zero attached hydrogens (tertiary/aromatic N) is 2. The molecule has 0 aromatic heterocycles. The molecular formula is C53H43N3O4. The smallest absolute Gasteiger partial charge is 0.266 e. The summed E-state index contributed by atoms with van der Waals surface area (Å²) in [5, 5.41) is 0. The molecule has 0 saturated heterocycles. The summed E-state index contributed by atoms with van der Waals surface area (Å²) in [7, 11) is 0. The van der Waals surface area contributed by atoms with Gasteiger partial charge >= 0.3 is 0 Å². The van der Waals surface area contributed by atoms with Crippen LogP contribution in [0.25, 0.3) is 44.5 Å². The lowest BCUT2D eigenvalue weighted by atomic mass is 9.87. The maximum absolute atomic E-state index is 13.9. The molecular weight excluding hydrogens is 743 g/mol. The van der Waals surface area contributed by atoms with E-state index in [2.05, 4.69) is 38.1 Å². The van der Waals surface area contributed by atoms with Crippen molar-refractivity contribution < 1.29 is 19.2 Å². The van der Waals surface area contributed by atoms with Gasteiger partial charge < -0.3 is 5.73 Å². The second-order valence-corrected chi connectivity index (χ2v) is 16.3. The molecule has 7 aromatic carbocycles. The highest BCUT2D eigenvalue weighted by atomic mass is 16.2. The van der Waals surface area contributed by atoms with Crippen molar-refractivity contribution in [3.8, 4) is 44.5 Å². The number of amides is 4. The zero-order valence-electron chi connectivity index (χ0n) is 34.7. The molecule has 0 aliphatic carbocycles. The van der Waals surface area contributed by atoms with E-state index in [9.17, 15) is 19.2 Å². The molecule has 9 rings (SSSR count). The molecule has 7 aromatic rings. The number of carbonyl (C=O) groups is 4. The van der Waals surface area contributed by atoms with E-state index in [0.717, 1.165) is 83.5 Å². The predicted octanol–water partition coefficient (Wildman–Crippen LogP) is 11.7. The third-order valence-corrected chi connectivity index (χ3v) is 12.1. The first kappa shape index (κ1) is 38.2. The Morgan fingerprint density at radius 2 is 0.633 bits per heavy atom. The Morgan fingerprint density at radius 1 is 0.317 bits per heavy atom. The molecule has 0 fully saturated rings. The number of anilines is 3. The van der Waals surface area contributed by atoms with Crippen LogP contribution in [0.2, 0.25) is 0 Å². The number of fused-ring (bicyclic) bond motifs is 2. The highest BCUT2D eigenvalue weighted by molar-refractivity contribution is 6.36. The van der Waals surface area contributed by atoms with Crippen LogP contribution < -0.4 is 15.5 Å². The number of nitrogens with two attached hydrogens (primary N) is 1. The van der Waals surface area contributed by atoms with E-state index in [1.165, 1.54) is 9.80 Å². The number of carbonyl (C=O) groups excluding carboxylic acids is 4. The molecule has 294 valence electrons. The van der Waals surface area contributed by atoms with Gasteiger partial charge in [0, 0.05) is 5.69 Å². The first-order valence-corrected chi connectivity index (χ1v) is 20.0. The van der Waals surface area contributed by atoms with Gasteiger partial charge in [-0.3, -0.25) is 19.2 Å². The number of nitrogen functional groups attached to an aromatic ring is 1. The fraction of sp³-hybridized carbons (Fsp3) is 0.132. The summed E-state index contributed by atoms with van der Waals surface area (Å²) in [5.41, 5.74) is 23.9. The van der Waals surface area contributed by atoms with Crippen LogP contribution in [0.5, 0.6) is 0 Å². The number of rotatable bonds is 6. The zero-order chi connectivity index (χ0) is 42.3. The monoisotopic (exact) mass is 785 g/mol. The van der Waals surface area contributed by atoms with Crippen LogP contribution in [-0.4, -0.2) is 23.6 Å². The van der Waals surface area contributed by atoms with Gasteiger partial charge in [0.15, 0.2) is 0 Å². The zero-order valence-corrected chi connectivity index (χ0v) is 34.7. The van der Waals surface area contributed by atoms with Crippen LogP contribution in [0.15, 0.2) is 121 Å². The minimum atomic E-state index is -0.342. The Labute approximate surface area is 349 Å². The third-order valence-electron chi connectivity index (χ3n) is 12.1. The highest BCUT2D eigenvalue weighted by Gasteiger charge is 2.39. The molecule has 0 spiro atoms. The number of hydrogen-bond donors (Lipinski definition) is 1. The Hall–Kier alpha value is -7.38. The quantitative estimate of drug-likeness (QED) is 0.134. The molecule has 60 heavy (non-hydrogen) atoms. The van der Waals surface area contributed by atoms with Crippen molar-refractivity contribution in [1.82, 2.24) is 0 Å². The van der Waals surface area contributed by atoms with Crippen molar-refractivity contribution >= 4 is 40.7 Å². The lowest BCUT2D eigenvalue weighted by molar-refractivity contribution is 0.0910. The van der Waals surface area contributed by atoms with Gasteiger partial charge in [-0.2, -0.15) is 0 Å². The number of hydrogen-bond acceptors (Lipinski definition) is 5. The van der Waals surface area contributed by atoms with Crippen LogP contribution in [0.1, 0.15) is 80.4 Å². The molecule has 7 heteroatoms. The maximum atomic E-state index is 13.9. The molecule has 2 aliphatic heterocycles. The van der Waals surface area contributed by atoms with Gasteiger partial charge in [-0.05, 0) is 187 Å². The molecule has 2 heterocycles. The van der Waals surface area contributed by atoms with Crippen molar-refractivity contribution in [2.75, 3.05) is 15.5 Å². The number of imide groups is 2. The van der Waals surface area contributed by atoms with Crippen molar-refractivity contribution in [3.63, 3.8) is 0 Å². The summed E-state index contributed by atoms with van der Waals surface area (Å²) in [6.45, 7) is 14.1. The topological polar surface area (TPSA) is 101 Å². The molecule has 2 aliphatic rings. The summed E-state index contributed by atoms with van der Waals surface area (Å²) in [4.78, 5) is 57.9. The van der Waals surface area contributed by atoms with Crippen LogP contribution in [-0.2, 0) is 0 Å². The Kier molecular flexibility index (Phi) is 9.01. The van der Waals surface area contributed by atoms with Crippen LogP contribution in [0.3, 0.4) is 0 Å². The van der Waals surface area contributed by atoms with E-state index in [4.69, 9.17) is 5.73 Å². The molecule has 7 nitrogen and oxygen atoms in total. The van der Waals surface area contributed by atoms with Gasteiger partial charge in [0.25, 0.3) is 23.6 Å². The maximum Gasteiger partial charge on any atom is 0.266 e. The normalized spacial score (nSPS) is 13.4. The van der Waals surface area contributed by atoms with E-state index in [1.54, 1.807) is 18.2 Å². The average molecular weight is 786 g/mol. The lowest BCUT2D eigenvalue weighted by Gasteiger charge is -2.22. The SMILES string of the molecule is Cc1ccc(-c2ccc3c(c2)C(=O)N(c2cc(C)c(-c4cc(C)c(-c5cc(C)c(N6C(=O)c7ccc(-c8ccc(N)cc8)cc7C6=O)cc5C)cc4C)cc2C)C3=O)cc1. The van der Waals surface area contributed by atoms with Gasteiger partial charge in [0.2, 0.25) is 0 Å². The summed E-state index contributed by atoms with van der Waals surface area (Å²) in [6.07, 6.45) is 0. The van der Waals surface area contributed by atoms with E-state index >= 15 is 0 Å². The van der Waals surface area contributed by atoms with E-state index in [0.29, 0.717) is 39.3 Å². The molecule has 0 unspecified atom stereocenters. The van der Waals surface area contributed by atoms with Crippen molar-refractivity contribution in [2.24, 2.45) is 0 Å². The predicted molar refractivity (Wildman–Crippen MR) is 241 cm³/mol. The Balaban J connectivity index is 0.998. The standard InChI is InChI=1S/C53H43N3O4/c1-28-8-10-35(11-9-28)37-14-18-40-46(26-37)52(59)55(50(40)57)48-24-31(4)44(22-33(48)6)42-20-30(3)43(21-29(42)2)45-23-34(7)49(25-32(45)5)56-51(58)41-19-15-38(27-47(41)53(56)60)36-12-16-39(54)17-13-36/h8-27H,54H2,1-7H3. The second kappa shape index (κ2) is 14.2. The van der Waals surface area contributed by atoms with Gasteiger partial charge in [-0.15, -0.1) is 0 Å². The van der Waals surface area contributed by atoms with E-state index in [1.807, 2.05) is 113 Å². The third kappa shape index (κ3) is 6.13. The van der Waals surface area contributed by atoms with Gasteiger partial charge in [0.1, 0.15) is 0 Å². The van der Waals surface area contributed by atoms with Crippen molar-refractivity contribution in [1.29, 1.82) is 0 Å². The Bertz CT molecular complexity index is 2830. The van der Waals surface area contributed by atoms with E-state index in [-0.39, 0.29) is 23.6 Å². The van der Waals surface area contributed by atoms with Gasteiger partial charge in [0.05, 0.1) is 33.6 Å². The van der Waals surface area contributed by atoms with E-state index < -0.39 is 0 Å². The first-order chi connectivity index (χ1) is 28.7. The van der Waals surface area contributed by atoms with Crippen LogP contribution >= 0.6 is 0 Å². The van der Waals surface area contributed by atoms with Gasteiger partial charge in [-0.25, -0.2) is 9.80 Å².